The lowest BCUT2D eigenvalue weighted by atomic mass is 10.1. The quantitative estimate of drug-likeness (QED) is 0.911. The van der Waals surface area contributed by atoms with Crippen LogP contribution in [0.1, 0.15) is 17.2 Å². The summed E-state index contributed by atoms with van der Waals surface area (Å²) in [6.45, 7) is 2.56. The van der Waals surface area contributed by atoms with Gasteiger partial charge in [0, 0.05) is 12.7 Å². The van der Waals surface area contributed by atoms with E-state index < -0.39 is 0 Å². The van der Waals surface area contributed by atoms with E-state index in [9.17, 15) is 0 Å². The van der Waals surface area contributed by atoms with E-state index in [0.29, 0.717) is 6.54 Å². The van der Waals surface area contributed by atoms with Crippen molar-refractivity contribution in [2.45, 2.75) is 13.0 Å². The fraction of sp³-hybridized carbons (Fsp3) is 0.214. The van der Waals surface area contributed by atoms with Crippen molar-refractivity contribution >= 4 is 21.7 Å². The lowest BCUT2D eigenvalue weighted by Crippen LogP contribution is -2.21. The first kappa shape index (κ1) is 13.1. The molecule has 0 bridgehead atoms. The van der Waals surface area contributed by atoms with Crippen LogP contribution in [0.25, 0.3) is 0 Å². The second-order valence-corrected chi connectivity index (χ2v) is 4.93. The van der Waals surface area contributed by atoms with Gasteiger partial charge in [0.15, 0.2) is 0 Å². The van der Waals surface area contributed by atoms with Gasteiger partial charge in [0.2, 0.25) is 0 Å². The van der Waals surface area contributed by atoms with Gasteiger partial charge in [-0.1, -0.05) is 30.3 Å². The maximum Gasteiger partial charge on any atom is 0.141 e. The third-order valence-electron chi connectivity index (χ3n) is 2.83. The van der Waals surface area contributed by atoms with Gasteiger partial charge >= 0.3 is 0 Å². The van der Waals surface area contributed by atoms with Crippen LogP contribution >= 0.6 is 15.9 Å². The van der Waals surface area contributed by atoms with Gasteiger partial charge in [0.25, 0.3) is 0 Å². The molecular weight excluding hydrogens is 290 g/mol. The number of aryl methyl sites for hydroxylation is 1. The molecule has 1 aromatic heterocycles. The van der Waals surface area contributed by atoms with Crippen molar-refractivity contribution in [2.24, 2.45) is 5.73 Å². The number of hydrogen-bond acceptors (Lipinski definition) is 3. The van der Waals surface area contributed by atoms with E-state index in [4.69, 9.17) is 5.73 Å². The fourth-order valence-electron chi connectivity index (χ4n) is 1.77. The molecular formula is C14H16BrN3. The van der Waals surface area contributed by atoms with Crippen molar-refractivity contribution in [3.05, 3.63) is 58.2 Å². The SMILES string of the molecule is Cc1ccnc(NC(CN)c2ccccc2)c1Br. The summed E-state index contributed by atoms with van der Waals surface area (Å²) in [5.41, 5.74) is 8.15. The van der Waals surface area contributed by atoms with Gasteiger partial charge in [-0.3, -0.25) is 0 Å². The van der Waals surface area contributed by atoms with Gasteiger partial charge in [-0.05, 0) is 40.0 Å². The number of nitrogens with two attached hydrogens (primary N) is 1. The number of pyridine rings is 1. The zero-order valence-electron chi connectivity index (χ0n) is 10.2. The van der Waals surface area contributed by atoms with Gasteiger partial charge in [-0.25, -0.2) is 4.98 Å². The maximum absolute atomic E-state index is 5.84. The van der Waals surface area contributed by atoms with Crippen molar-refractivity contribution in [1.82, 2.24) is 4.98 Å². The number of nitrogens with one attached hydrogen (secondary N) is 1. The summed E-state index contributed by atoms with van der Waals surface area (Å²) < 4.78 is 0.986. The molecule has 0 aliphatic carbocycles. The molecule has 3 nitrogen and oxygen atoms in total. The standard InChI is InChI=1S/C14H16BrN3/c1-10-7-8-17-14(13(10)15)18-12(9-16)11-5-3-2-4-6-11/h2-8,12H,9,16H2,1H3,(H,17,18). The summed E-state index contributed by atoms with van der Waals surface area (Å²) in [6.07, 6.45) is 1.79. The normalized spacial score (nSPS) is 12.2. The largest absolute Gasteiger partial charge is 0.361 e. The molecule has 1 aromatic carbocycles. The lowest BCUT2D eigenvalue weighted by molar-refractivity contribution is 0.783. The molecule has 0 saturated heterocycles. The highest BCUT2D eigenvalue weighted by Crippen LogP contribution is 2.26. The first-order valence-electron chi connectivity index (χ1n) is 5.85. The van der Waals surface area contributed by atoms with Crippen LogP contribution in [0, 0.1) is 6.92 Å². The van der Waals surface area contributed by atoms with Gasteiger partial charge in [-0.2, -0.15) is 0 Å². The lowest BCUT2D eigenvalue weighted by Gasteiger charge is -2.19. The van der Waals surface area contributed by atoms with Crippen LogP contribution in [0.15, 0.2) is 47.1 Å². The van der Waals surface area contributed by atoms with Crippen LogP contribution in [0.4, 0.5) is 5.82 Å². The Hall–Kier alpha value is -1.39. The van der Waals surface area contributed by atoms with E-state index in [-0.39, 0.29) is 6.04 Å². The van der Waals surface area contributed by atoms with E-state index in [2.05, 4.69) is 38.4 Å². The molecule has 2 rings (SSSR count). The molecule has 1 atom stereocenters. The van der Waals surface area contributed by atoms with Crippen LogP contribution in [-0.2, 0) is 0 Å². The smallest absolute Gasteiger partial charge is 0.141 e. The molecule has 18 heavy (non-hydrogen) atoms. The van der Waals surface area contributed by atoms with Crippen molar-refractivity contribution in [3.63, 3.8) is 0 Å². The number of hydrogen-bond donors (Lipinski definition) is 2. The minimum atomic E-state index is 0.0665. The Bertz CT molecular complexity index is 514. The number of halogens is 1. The van der Waals surface area contributed by atoms with Gasteiger partial charge < -0.3 is 11.1 Å². The molecule has 2 aromatic rings. The van der Waals surface area contributed by atoms with Gasteiger partial charge in [0.05, 0.1) is 10.5 Å². The summed E-state index contributed by atoms with van der Waals surface area (Å²) in [5, 5.41) is 3.37. The third-order valence-corrected chi connectivity index (χ3v) is 3.83. The Labute approximate surface area is 116 Å². The molecule has 0 radical (unpaired) electrons. The average molecular weight is 306 g/mol. The second-order valence-electron chi connectivity index (χ2n) is 4.13. The second kappa shape index (κ2) is 5.98. The maximum atomic E-state index is 5.84. The molecule has 1 unspecified atom stereocenters. The number of rotatable bonds is 4. The number of anilines is 1. The van der Waals surface area contributed by atoms with Crippen molar-refractivity contribution in [3.8, 4) is 0 Å². The van der Waals surface area contributed by atoms with Gasteiger partial charge in [0.1, 0.15) is 5.82 Å². The zero-order chi connectivity index (χ0) is 13.0. The Kier molecular flexibility index (Phi) is 4.33. The van der Waals surface area contributed by atoms with E-state index in [1.807, 2.05) is 31.2 Å². The minimum Gasteiger partial charge on any atom is -0.361 e. The number of nitrogens with zero attached hydrogens (tertiary/aromatic N) is 1. The van der Waals surface area contributed by atoms with E-state index >= 15 is 0 Å². The molecule has 0 saturated carbocycles. The highest BCUT2D eigenvalue weighted by atomic mass is 79.9. The van der Waals surface area contributed by atoms with Crippen molar-refractivity contribution < 1.29 is 0 Å². The Morgan fingerprint density at radius 2 is 2.00 bits per heavy atom. The molecule has 1 heterocycles. The summed E-state index contributed by atoms with van der Waals surface area (Å²) in [6, 6.07) is 12.2. The van der Waals surface area contributed by atoms with E-state index in [0.717, 1.165) is 21.4 Å². The summed E-state index contributed by atoms with van der Waals surface area (Å²) in [7, 11) is 0. The first-order valence-corrected chi connectivity index (χ1v) is 6.64. The molecule has 0 aliphatic heterocycles. The predicted octanol–water partition coefficient (Wildman–Crippen LogP) is 3.26. The highest BCUT2D eigenvalue weighted by Gasteiger charge is 2.12. The molecule has 0 fully saturated rings. The summed E-state index contributed by atoms with van der Waals surface area (Å²) in [4.78, 5) is 4.34. The Morgan fingerprint density at radius 1 is 1.28 bits per heavy atom. The molecule has 0 spiro atoms. The average Bonchev–Trinajstić information content (AvgIpc) is 2.41. The van der Waals surface area contributed by atoms with Crippen LogP contribution < -0.4 is 11.1 Å². The zero-order valence-corrected chi connectivity index (χ0v) is 11.8. The van der Waals surface area contributed by atoms with Crippen LogP contribution in [0.2, 0.25) is 0 Å². The topological polar surface area (TPSA) is 50.9 Å². The minimum absolute atomic E-state index is 0.0665. The van der Waals surface area contributed by atoms with Crippen LogP contribution in [0.3, 0.4) is 0 Å². The summed E-state index contributed by atoms with van der Waals surface area (Å²) >= 11 is 3.54. The van der Waals surface area contributed by atoms with Crippen molar-refractivity contribution in [2.75, 3.05) is 11.9 Å². The van der Waals surface area contributed by atoms with Crippen molar-refractivity contribution in [1.29, 1.82) is 0 Å². The molecule has 4 heteroatoms. The number of benzene rings is 1. The van der Waals surface area contributed by atoms with E-state index in [1.165, 1.54) is 0 Å². The van der Waals surface area contributed by atoms with Gasteiger partial charge in [-0.15, -0.1) is 0 Å². The molecule has 0 aliphatic rings. The van der Waals surface area contributed by atoms with E-state index in [1.54, 1.807) is 6.20 Å². The highest BCUT2D eigenvalue weighted by molar-refractivity contribution is 9.10. The fourth-order valence-corrected chi connectivity index (χ4v) is 2.12. The van der Waals surface area contributed by atoms with Crippen LogP contribution in [0.5, 0.6) is 0 Å². The Balaban J connectivity index is 2.24. The third kappa shape index (κ3) is 2.89. The molecule has 94 valence electrons. The Morgan fingerprint density at radius 3 is 2.67 bits per heavy atom. The molecule has 0 amide bonds. The monoisotopic (exact) mass is 305 g/mol. The number of aromatic nitrogens is 1. The first-order chi connectivity index (χ1) is 8.72. The van der Waals surface area contributed by atoms with Crippen LogP contribution in [-0.4, -0.2) is 11.5 Å². The predicted molar refractivity (Wildman–Crippen MR) is 78.5 cm³/mol. The summed E-state index contributed by atoms with van der Waals surface area (Å²) in [5.74, 6) is 0.828. The molecule has 3 N–H and O–H groups in total.